The molecule has 4 rings (SSSR count). The van der Waals surface area contributed by atoms with E-state index in [1.807, 2.05) is 58.0 Å². The van der Waals surface area contributed by atoms with Gasteiger partial charge in [-0.05, 0) is 63.1 Å². The third kappa shape index (κ3) is 5.01. The molecule has 1 heterocycles. The molecule has 0 saturated carbocycles. The molecule has 0 bridgehead atoms. The lowest BCUT2D eigenvalue weighted by Gasteiger charge is -2.18. The lowest BCUT2D eigenvalue weighted by Crippen LogP contribution is -2.38. The minimum absolute atomic E-state index is 0.167. The largest absolute Gasteiger partial charge is 0.494 e. The molecule has 1 atom stereocenters. The Morgan fingerprint density at radius 2 is 1.80 bits per heavy atom. The first-order chi connectivity index (χ1) is 16.6. The van der Waals surface area contributed by atoms with Gasteiger partial charge in [0, 0.05) is 29.7 Å². The van der Waals surface area contributed by atoms with E-state index < -0.39 is 15.8 Å². The average molecular weight is 497 g/mol. The van der Waals surface area contributed by atoms with Crippen molar-refractivity contribution in [3.8, 4) is 11.4 Å². The molecule has 0 amide bonds. The van der Waals surface area contributed by atoms with Crippen molar-refractivity contribution in [3.63, 3.8) is 0 Å². The number of fused-ring (bicyclic) bond motifs is 1. The van der Waals surface area contributed by atoms with Crippen LogP contribution in [0.4, 0.5) is 10.1 Å². The number of nitrogens with zero attached hydrogens (tertiary/aromatic N) is 2. The first-order valence-electron chi connectivity index (χ1n) is 11.3. The molecular formula is C26H29FN4O3S. The Bertz CT molecular complexity index is 1480. The summed E-state index contributed by atoms with van der Waals surface area (Å²) in [5, 5.41) is 8.59. The van der Waals surface area contributed by atoms with Crippen molar-refractivity contribution < 1.29 is 17.5 Å². The Labute approximate surface area is 205 Å². The van der Waals surface area contributed by atoms with Gasteiger partial charge >= 0.3 is 0 Å². The zero-order valence-electron chi connectivity index (χ0n) is 20.4. The molecule has 0 unspecified atom stereocenters. The van der Waals surface area contributed by atoms with Crippen molar-refractivity contribution in [2.45, 2.75) is 38.6 Å². The highest BCUT2D eigenvalue weighted by Crippen LogP contribution is 2.27. The van der Waals surface area contributed by atoms with Crippen molar-refractivity contribution in [2.24, 2.45) is 0 Å². The van der Waals surface area contributed by atoms with E-state index in [2.05, 4.69) is 15.1 Å². The molecule has 0 radical (unpaired) electrons. The van der Waals surface area contributed by atoms with Crippen LogP contribution in [0.2, 0.25) is 0 Å². The van der Waals surface area contributed by atoms with Gasteiger partial charge in [0.2, 0.25) is 10.0 Å². The van der Waals surface area contributed by atoms with Gasteiger partial charge < -0.3 is 10.1 Å². The maximum absolute atomic E-state index is 14.2. The molecule has 35 heavy (non-hydrogen) atoms. The number of aromatic nitrogens is 2. The molecule has 0 fully saturated rings. The lowest BCUT2D eigenvalue weighted by molar-refractivity contribution is 0.386. The van der Waals surface area contributed by atoms with E-state index in [0.29, 0.717) is 17.1 Å². The van der Waals surface area contributed by atoms with Crippen LogP contribution in [0.15, 0.2) is 59.6 Å². The summed E-state index contributed by atoms with van der Waals surface area (Å²) in [7, 11) is -2.26. The summed E-state index contributed by atoms with van der Waals surface area (Å²) in [6, 6.07) is 13.7. The summed E-state index contributed by atoms with van der Waals surface area (Å²) in [6.07, 6.45) is 1.70. The molecule has 4 aromatic rings. The van der Waals surface area contributed by atoms with Crippen LogP contribution in [0.3, 0.4) is 0 Å². The second-order valence-electron chi connectivity index (χ2n) is 8.74. The molecule has 184 valence electrons. The van der Waals surface area contributed by atoms with Crippen LogP contribution in [-0.2, 0) is 10.0 Å². The Morgan fingerprint density at radius 1 is 1.09 bits per heavy atom. The molecule has 1 aromatic heterocycles. The third-order valence-electron chi connectivity index (χ3n) is 5.82. The Hall–Kier alpha value is -3.43. The number of halogens is 1. The van der Waals surface area contributed by atoms with Crippen LogP contribution >= 0.6 is 0 Å². The SMILES string of the molecule is COc1ccc(-n2ncc3c(NC[C@H](C)NS(=O)(=O)c4c(C)cc(C)cc4C)cccc32)cc1F. The number of sulfonamides is 1. The van der Waals surface area contributed by atoms with E-state index in [1.165, 1.54) is 13.2 Å². The fraction of sp³-hybridized carbons (Fsp3) is 0.269. The fourth-order valence-electron chi connectivity index (χ4n) is 4.42. The third-order valence-corrected chi connectivity index (χ3v) is 7.72. The second-order valence-corrected chi connectivity index (χ2v) is 10.4. The summed E-state index contributed by atoms with van der Waals surface area (Å²) in [6.45, 7) is 7.75. The normalized spacial score (nSPS) is 12.6. The van der Waals surface area contributed by atoms with Gasteiger partial charge in [-0.15, -0.1) is 0 Å². The van der Waals surface area contributed by atoms with E-state index in [0.717, 1.165) is 33.3 Å². The first kappa shape index (κ1) is 24.7. The van der Waals surface area contributed by atoms with Gasteiger partial charge in [-0.1, -0.05) is 23.8 Å². The molecule has 0 aliphatic rings. The van der Waals surface area contributed by atoms with Crippen LogP contribution in [0.25, 0.3) is 16.6 Å². The number of hydrogen-bond acceptors (Lipinski definition) is 5. The van der Waals surface area contributed by atoms with Gasteiger partial charge in [0.15, 0.2) is 11.6 Å². The number of rotatable bonds is 8. The van der Waals surface area contributed by atoms with Gasteiger partial charge in [-0.25, -0.2) is 22.2 Å². The minimum atomic E-state index is -3.68. The quantitative estimate of drug-likeness (QED) is 0.363. The van der Waals surface area contributed by atoms with Gasteiger partial charge in [-0.2, -0.15) is 5.10 Å². The van der Waals surface area contributed by atoms with E-state index in [-0.39, 0.29) is 11.8 Å². The molecular weight excluding hydrogens is 467 g/mol. The van der Waals surface area contributed by atoms with Gasteiger partial charge in [-0.3, -0.25) is 0 Å². The zero-order chi connectivity index (χ0) is 25.3. The van der Waals surface area contributed by atoms with Crippen LogP contribution < -0.4 is 14.8 Å². The maximum Gasteiger partial charge on any atom is 0.241 e. The molecule has 9 heteroatoms. The molecule has 2 N–H and O–H groups in total. The molecule has 0 aliphatic heterocycles. The lowest BCUT2D eigenvalue weighted by atomic mass is 10.1. The van der Waals surface area contributed by atoms with Gasteiger partial charge in [0.05, 0.1) is 29.4 Å². The molecule has 0 aliphatic carbocycles. The van der Waals surface area contributed by atoms with Crippen LogP contribution in [-0.4, -0.2) is 37.9 Å². The smallest absolute Gasteiger partial charge is 0.241 e. The molecule has 3 aromatic carbocycles. The zero-order valence-corrected chi connectivity index (χ0v) is 21.2. The van der Waals surface area contributed by atoms with Crippen molar-refractivity contribution in [2.75, 3.05) is 19.0 Å². The van der Waals surface area contributed by atoms with Crippen molar-refractivity contribution in [3.05, 3.63) is 77.2 Å². The first-order valence-corrected chi connectivity index (χ1v) is 12.7. The van der Waals surface area contributed by atoms with Crippen LogP contribution in [0.5, 0.6) is 5.75 Å². The predicted octanol–water partition coefficient (Wildman–Crippen LogP) is 4.88. The van der Waals surface area contributed by atoms with Crippen molar-refractivity contribution in [1.82, 2.24) is 14.5 Å². The Morgan fingerprint density at radius 3 is 2.46 bits per heavy atom. The number of anilines is 1. The average Bonchev–Trinajstić information content (AvgIpc) is 3.21. The number of nitrogens with one attached hydrogen (secondary N) is 2. The van der Waals surface area contributed by atoms with Crippen LogP contribution in [0.1, 0.15) is 23.6 Å². The summed E-state index contributed by atoms with van der Waals surface area (Å²) in [5.74, 6) is -0.303. The number of methoxy groups -OCH3 is 1. The highest BCUT2D eigenvalue weighted by atomic mass is 32.2. The molecule has 7 nitrogen and oxygen atoms in total. The minimum Gasteiger partial charge on any atom is -0.494 e. The summed E-state index contributed by atoms with van der Waals surface area (Å²) in [4.78, 5) is 0.324. The van der Waals surface area contributed by atoms with Crippen molar-refractivity contribution in [1.29, 1.82) is 0 Å². The fourth-order valence-corrected chi connectivity index (χ4v) is 6.11. The molecule has 0 saturated heterocycles. The van der Waals surface area contributed by atoms with E-state index in [1.54, 1.807) is 23.0 Å². The number of hydrogen-bond donors (Lipinski definition) is 2. The highest BCUT2D eigenvalue weighted by Gasteiger charge is 2.22. The summed E-state index contributed by atoms with van der Waals surface area (Å²) in [5.41, 5.74) is 4.64. The maximum atomic E-state index is 14.2. The topological polar surface area (TPSA) is 85.2 Å². The molecule has 0 spiro atoms. The Balaban J connectivity index is 1.52. The number of ether oxygens (including phenoxy) is 1. The van der Waals surface area contributed by atoms with E-state index in [4.69, 9.17) is 4.74 Å². The van der Waals surface area contributed by atoms with E-state index >= 15 is 0 Å². The number of aryl methyl sites for hydroxylation is 3. The van der Waals surface area contributed by atoms with Crippen LogP contribution in [0, 0.1) is 26.6 Å². The van der Waals surface area contributed by atoms with E-state index in [9.17, 15) is 12.8 Å². The number of benzene rings is 3. The van der Waals surface area contributed by atoms with Crippen molar-refractivity contribution >= 4 is 26.6 Å². The monoisotopic (exact) mass is 496 g/mol. The standard InChI is InChI=1S/C26H29FN4O3S/c1-16-11-17(2)26(18(3)12-16)35(32,33)30-19(4)14-28-23-7-6-8-24-21(23)15-29-31(24)20-9-10-25(34-5)22(27)13-20/h6-13,15,19,28,30H,14H2,1-5H3/t19-/m0/s1. The summed E-state index contributed by atoms with van der Waals surface area (Å²) >= 11 is 0. The van der Waals surface area contributed by atoms with Gasteiger partial charge in [0.1, 0.15) is 0 Å². The predicted molar refractivity (Wildman–Crippen MR) is 137 cm³/mol. The second kappa shape index (κ2) is 9.67. The summed E-state index contributed by atoms with van der Waals surface area (Å²) < 4.78 is 49.8. The Kier molecular flexibility index (Phi) is 6.82. The van der Waals surface area contributed by atoms with Gasteiger partial charge in [0.25, 0.3) is 0 Å². The highest BCUT2D eigenvalue weighted by molar-refractivity contribution is 7.89.